The number of carbonyl (C=O) groups is 1. The first-order valence-electron chi connectivity index (χ1n) is 8.76. The van der Waals surface area contributed by atoms with Gasteiger partial charge in [0.05, 0.1) is 19.3 Å². The van der Waals surface area contributed by atoms with Crippen LogP contribution in [0, 0.1) is 5.92 Å². The summed E-state index contributed by atoms with van der Waals surface area (Å²) in [5, 5.41) is 3.47. The van der Waals surface area contributed by atoms with Crippen LogP contribution in [-0.4, -0.2) is 37.4 Å². The number of carbonyl (C=O) groups excluding carboxylic acids is 1. The van der Waals surface area contributed by atoms with E-state index in [0.717, 1.165) is 38.6 Å². The van der Waals surface area contributed by atoms with Crippen LogP contribution in [0.3, 0.4) is 0 Å². The topological polar surface area (TPSA) is 47.6 Å². The van der Waals surface area contributed by atoms with Crippen molar-refractivity contribution >= 4 is 5.97 Å². The van der Waals surface area contributed by atoms with Gasteiger partial charge in [0.15, 0.2) is 0 Å². The summed E-state index contributed by atoms with van der Waals surface area (Å²) >= 11 is 0. The van der Waals surface area contributed by atoms with Crippen molar-refractivity contribution in [2.45, 2.75) is 76.9 Å². The van der Waals surface area contributed by atoms with Gasteiger partial charge in [-0.15, -0.1) is 0 Å². The summed E-state index contributed by atoms with van der Waals surface area (Å²) < 4.78 is 11.5. The van der Waals surface area contributed by atoms with Crippen LogP contribution >= 0.6 is 0 Å². The molecule has 0 saturated heterocycles. The highest BCUT2D eigenvalue weighted by molar-refractivity contribution is 5.82. The number of hydrogen-bond acceptors (Lipinski definition) is 4. The summed E-state index contributed by atoms with van der Waals surface area (Å²) in [5.74, 6) is 0.267. The number of esters is 1. The van der Waals surface area contributed by atoms with Crippen LogP contribution in [0.15, 0.2) is 0 Å². The molecule has 2 fully saturated rings. The molecule has 0 aromatic heterocycles. The highest BCUT2D eigenvalue weighted by atomic mass is 16.5. The molecule has 1 atom stereocenters. The van der Waals surface area contributed by atoms with Crippen molar-refractivity contribution in [2.24, 2.45) is 5.92 Å². The molecule has 0 heterocycles. The van der Waals surface area contributed by atoms with Crippen LogP contribution in [0.2, 0.25) is 0 Å². The van der Waals surface area contributed by atoms with Crippen molar-refractivity contribution in [3.8, 4) is 0 Å². The van der Waals surface area contributed by atoms with E-state index in [-0.39, 0.29) is 5.97 Å². The van der Waals surface area contributed by atoms with E-state index in [4.69, 9.17) is 9.47 Å². The van der Waals surface area contributed by atoms with Crippen molar-refractivity contribution in [1.29, 1.82) is 0 Å². The zero-order valence-corrected chi connectivity index (χ0v) is 13.7. The van der Waals surface area contributed by atoms with Gasteiger partial charge >= 0.3 is 5.97 Å². The van der Waals surface area contributed by atoms with E-state index in [9.17, 15) is 4.79 Å². The first-order valence-corrected chi connectivity index (χ1v) is 8.76. The molecule has 0 spiro atoms. The fourth-order valence-electron chi connectivity index (χ4n) is 3.28. The Morgan fingerprint density at radius 3 is 2.43 bits per heavy atom. The number of rotatable bonds is 9. The largest absolute Gasteiger partial charge is 0.465 e. The minimum absolute atomic E-state index is 0.114. The van der Waals surface area contributed by atoms with Gasteiger partial charge < -0.3 is 9.47 Å². The molecule has 1 N–H and O–H groups in total. The Morgan fingerprint density at radius 2 is 1.86 bits per heavy atom. The molecule has 2 saturated carbocycles. The van der Waals surface area contributed by atoms with Crippen molar-refractivity contribution in [3.63, 3.8) is 0 Å². The first kappa shape index (κ1) is 16.8. The lowest BCUT2D eigenvalue weighted by molar-refractivity contribution is -0.157. The number of nitrogens with one attached hydrogen (secondary N) is 1. The molecule has 0 radical (unpaired) electrons. The Balaban J connectivity index is 1.99. The third-order valence-electron chi connectivity index (χ3n) is 4.70. The number of ether oxygens (including phenoxy) is 2. The lowest BCUT2D eigenvalue weighted by Gasteiger charge is -2.34. The third kappa shape index (κ3) is 4.43. The lowest BCUT2D eigenvalue weighted by Crippen LogP contribution is -2.59. The maximum atomic E-state index is 12.6. The van der Waals surface area contributed by atoms with Crippen LogP contribution in [0.4, 0.5) is 0 Å². The Kier molecular flexibility index (Phi) is 6.49. The Bertz CT molecular complexity index is 324. The second-order valence-electron chi connectivity index (χ2n) is 6.46. The van der Waals surface area contributed by atoms with E-state index in [1.54, 1.807) is 0 Å². The van der Waals surface area contributed by atoms with Crippen LogP contribution in [0.25, 0.3) is 0 Å². The fourth-order valence-corrected chi connectivity index (χ4v) is 3.28. The quantitative estimate of drug-likeness (QED) is 0.665. The van der Waals surface area contributed by atoms with Gasteiger partial charge in [-0.3, -0.25) is 5.32 Å². The monoisotopic (exact) mass is 297 g/mol. The highest BCUT2D eigenvalue weighted by Crippen LogP contribution is 2.41. The summed E-state index contributed by atoms with van der Waals surface area (Å²) in [6, 6.07) is 0. The summed E-state index contributed by atoms with van der Waals surface area (Å²) in [7, 11) is 0. The maximum absolute atomic E-state index is 12.6. The smallest absolute Gasteiger partial charge is 0.329 e. The summed E-state index contributed by atoms with van der Waals surface area (Å²) in [6.45, 7) is 5.74. The zero-order chi connectivity index (χ0) is 15.1. The third-order valence-corrected chi connectivity index (χ3v) is 4.70. The minimum atomic E-state index is -0.608. The van der Waals surface area contributed by atoms with Gasteiger partial charge in [-0.25, -0.2) is 4.79 Å². The average Bonchev–Trinajstić information content (AvgIpc) is 3.34. The Morgan fingerprint density at radius 1 is 1.14 bits per heavy atom. The Labute approximate surface area is 129 Å². The fraction of sp³-hybridized carbons (Fsp3) is 0.941. The van der Waals surface area contributed by atoms with Gasteiger partial charge in [-0.1, -0.05) is 26.2 Å². The van der Waals surface area contributed by atoms with Crippen molar-refractivity contribution in [3.05, 3.63) is 0 Å². The van der Waals surface area contributed by atoms with Crippen molar-refractivity contribution in [1.82, 2.24) is 5.32 Å². The molecule has 2 aliphatic rings. The van der Waals surface area contributed by atoms with Crippen LogP contribution < -0.4 is 5.32 Å². The summed E-state index contributed by atoms with van der Waals surface area (Å²) in [4.78, 5) is 12.6. The first-order chi connectivity index (χ1) is 10.2. The lowest BCUT2D eigenvalue weighted by atomic mass is 9.92. The van der Waals surface area contributed by atoms with Gasteiger partial charge in [-0.2, -0.15) is 0 Å². The molecule has 4 nitrogen and oxygen atoms in total. The summed E-state index contributed by atoms with van der Waals surface area (Å²) in [5.41, 5.74) is -0.608. The minimum Gasteiger partial charge on any atom is -0.465 e. The SMILES string of the molecule is CCCNC(COC1CCCCC1)(C(=O)OCC)C1CC1. The molecule has 21 heavy (non-hydrogen) atoms. The molecular weight excluding hydrogens is 266 g/mol. The molecule has 0 aromatic rings. The normalized spacial score (nSPS) is 22.8. The van der Waals surface area contributed by atoms with E-state index >= 15 is 0 Å². The molecule has 2 rings (SSSR count). The average molecular weight is 297 g/mol. The van der Waals surface area contributed by atoms with Gasteiger partial charge in [0.25, 0.3) is 0 Å². The molecule has 2 aliphatic carbocycles. The van der Waals surface area contributed by atoms with Crippen molar-refractivity contribution < 1.29 is 14.3 Å². The molecule has 122 valence electrons. The molecule has 1 unspecified atom stereocenters. The summed E-state index contributed by atoms with van der Waals surface area (Å²) in [6.07, 6.45) is 9.64. The van der Waals surface area contributed by atoms with Crippen LogP contribution in [0.1, 0.15) is 65.2 Å². The molecule has 0 aromatic carbocycles. The van der Waals surface area contributed by atoms with Gasteiger partial charge in [0.2, 0.25) is 0 Å². The van der Waals surface area contributed by atoms with E-state index < -0.39 is 5.54 Å². The van der Waals surface area contributed by atoms with Gasteiger partial charge in [0.1, 0.15) is 5.54 Å². The molecule has 0 bridgehead atoms. The second kappa shape index (κ2) is 8.14. The molecule has 0 amide bonds. The molecule has 0 aliphatic heterocycles. The van der Waals surface area contributed by atoms with E-state index in [2.05, 4.69) is 12.2 Å². The van der Waals surface area contributed by atoms with Gasteiger partial charge in [0, 0.05) is 0 Å². The van der Waals surface area contributed by atoms with Crippen LogP contribution in [0.5, 0.6) is 0 Å². The zero-order valence-electron chi connectivity index (χ0n) is 13.7. The van der Waals surface area contributed by atoms with Crippen LogP contribution in [-0.2, 0) is 14.3 Å². The predicted molar refractivity (Wildman–Crippen MR) is 83.2 cm³/mol. The highest BCUT2D eigenvalue weighted by Gasteiger charge is 2.52. The standard InChI is InChI=1S/C17H31NO3/c1-3-12-18-17(14-10-11-14,16(19)20-4-2)13-21-15-8-6-5-7-9-15/h14-15,18H,3-13H2,1-2H3. The molecular formula is C17H31NO3. The van der Waals surface area contributed by atoms with E-state index in [0.29, 0.717) is 25.2 Å². The van der Waals surface area contributed by atoms with E-state index in [1.807, 2.05) is 6.92 Å². The predicted octanol–water partition coefficient (Wildman–Crippen LogP) is 3.05. The molecule has 4 heteroatoms. The van der Waals surface area contributed by atoms with E-state index in [1.165, 1.54) is 19.3 Å². The maximum Gasteiger partial charge on any atom is 0.329 e. The van der Waals surface area contributed by atoms with Crippen molar-refractivity contribution in [2.75, 3.05) is 19.8 Å². The number of hydrogen-bond donors (Lipinski definition) is 1. The Hall–Kier alpha value is -0.610. The van der Waals surface area contributed by atoms with Gasteiger partial charge in [-0.05, 0) is 51.5 Å². The second-order valence-corrected chi connectivity index (χ2v) is 6.46.